The first-order valence-electron chi connectivity index (χ1n) is 43.1. The molecule has 112 heavy (non-hydrogen) atoms. The van der Waals surface area contributed by atoms with E-state index in [2.05, 4.69) is 53.4 Å². The standard InChI is InChI=1S/C23H33N3O3.2C22H31N3O3.C21H29N3O3/c27-21(28)17-25-15-11-23(12-16-25)10-4-14-26(22(23)29)13-3-6-19-9-8-18-5-1-2-7-20(18)24-19;26-20(27)16-24-13-9-22(10-14-24)11-15-25(21(22)28)12-3-5-18-8-7-17-4-1-2-6-19(17)23-18;26-20(27)16-24-14-10-22(11-15-24)9-3-12-25(21(22)28)13-8-18-7-6-17-4-1-2-5-19(17)23-18;25-19(26)15-23-12-8-21(9-13-23)10-14-24(20(21)27)11-7-17-6-5-16-3-1-2-4-18(16)22-17/h8-9H,1-7,10-17H2,(H,27,28);7-8H,1-6,9-16H2,(H,26,27);6-7H,1-5,8-16H2,(H,26,27);5-6H,1-4,7-15H2,(H,25,26). The zero-order valence-electron chi connectivity index (χ0n) is 66.6. The van der Waals surface area contributed by atoms with Gasteiger partial charge < -0.3 is 40.0 Å². The lowest BCUT2D eigenvalue weighted by Gasteiger charge is -2.46. The molecule has 24 heteroatoms. The van der Waals surface area contributed by atoms with Crippen molar-refractivity contribution in [3.63, 3.8) is 0 Å². The van der Waals surface area contributed by atoms with Crippen molar-refractivity contribution in [2.75, 3.05) is 131 Å². The van der Waals surface area contributed by atoms with Crippen molar-refractivity contribution in [1.29, 1.82) is 0 Å². The minimum atomic E-state index is -0.789. The van der Waals surface area contributed by atoms with Crippen LogP contribution in [0.4, 0.5) is 0 Å². The van der Waals surface area contributed by atoms with Gasteiger partial charge in [0.2, 0.25) is 23.6 Å². The van der Waals surface area contributed by atoms with Crippen LogP contribution in [0.5, 0.6) is 0 Å². The number of carboxylic acids is 4. The van der Waals surface area contributed by atoms with Crippen LogP contribution in [0.25, 0.3) is 0 Å². The number of likely N-dealkylation sites (tertiary alicyclic amines) is 8. The lowest BCUT2D eigenvalue weighted by Crippen LogP contribution is -2.54. The fraction of sp³-hybridized carbons (Fsp3) is 0.682. The first-order valence-corrected chi connectivity index (χ1v) is 43.1. The van der Waals surface area contributed by atoms with Gasteiger partial charge in [-0.05, 0) is 317 Å². The van der Waals surface area contributed by atoms with Gasteiger partial charge in [-0.1, -0.05) is 24.3 Å². The summed E-state index contributed by atoms with van der Waals surface area (Å²) in [6.07, 6.45) is 36.6. The molecular formula is C88H124N12O12. The van der Waals surface area contributed by atoms with E-state index in [4.69, 9.17) is 40.4 Å². The predicted molar refractivity (Wildman–Crippen MR) is 425 cm³/mol. The van der Waals surface area contributed by atoms with Crippen LogP contribution >= 0.6 is 0 Å². The zero-order chi connectivity index (χ0) is 78.2. The van der Waals surface area contributed by atoms with Crippen molar-refractivity contribution in [3.8, 4) is 0 Å². The number of piperidine rings is 6. The van der Waals surface area contributed by atoms with Crippen molar-refractivity contribution in [3.05, 3.63) is 116 Å². The van der Waals surface area contributed by atoms with Gasteiger partial charge in [0.15, 0.2) is 0 Å². The van der Waals surface area contributed by atoms with Crippen LogP contribution in [0, 0.1) is 21.7 Å². The number of hydrogen-bond acceptors (Lipinski definition) is 16. The number of carbonyl (C=O) groups excluding carboxylic acids is 4. The Balaban J connectivity index is 0.000000131. The maximum atomic E-state index is 13.3. The minimum absolute atomic E-state index is 0.0813. The van der Waals surface area contributed by atoms with Gasteiger partial charge in [0.1, 0.15) is 0 Å². The van der Waals surface area contributed by atoms with Gasteiger partial charge in [-0.15, -0.1) is 0 Å². The summed E-state index contributed by atoms with van der Waals surface area (Å²) in [4.78, 5) is 132. The van der Waals surface area contributed by atoms with E-state index >= 15 is 0 Å². The molecule has 608 valence electrons. The molecule has 0 radical (unpaired) electrons. The SMILES string of the molecule is O=C(O)CN1CCC2(CC1)CCN(CCCc1ccc3c(n1)CCCC3)C2=O.O=C(O)CN1CCC2(CC1)CCN(CCc1ccc3c(n1)CCCC3)C2=O.O=C(O)CN1CCC2(CCCN(CCCc3ccc4c(n3)CCCC4)C2=O)CC1.O=C(O)CN1CCC2(CCCN(CCc3ccc4c(n3)CCCC4)C2=O)CC1. The molecule has 0 saturated carbocycles. The van der Waals surface area contributed by atoms with E-state index in [0.717, 1.165) is 255 Å². The monoisotopic (exact) mass is 1540 g/mol. The number of aliphatic carboxylic acids is 4. The predicted octanol–water partition coefficient (Wildman–Crippen LogP) is 9.17. The topological polar surface area (TPSA) is 295 Å². The normalized spacial score (nSPS) is 22.1. The molecule has 24 nitrogen and oxygen atoms in total. The Morgan fingerprint density at radius 2 is 0.509 bits per heavy atom. The van der Waals surface area contributed by atoms with E-state index in [1.165, 1.54) is 96.4 Å². The van der Waals surface area contributed by atoms with E-state index in [9.17, 15) is 38.4 Å². The molecular weight excluding hydrogens is 1420 g/mol. The average Bonchev–Trinajstić information content (AvgIpc) is 1.04. The second kappa shape index (κ2) is 38.1. The maximum absolute atomic E-state index is 13.3. The highest BCUT2D eigenvalue weighted by Crippen LogP contribution is 2.45. The molecule has 16 rings (SSSR count). The lowest BCUT2D eigenvalue weighted by molar-refractivity contribution is -0.151. The highest BCUT2D eigenvalue weighted by atomic mass is 16.4. The van der Waals surface area contributed by atoms with E-state index in [0.29, 0.717) is 64.2 Å². The number of fused-ring (bicyclic) bond motifs is 4. The quantitative estimate of drug-likeness (QED) is 0.0570. The van der Waals surface area contributed by atoms with Gasteiger partial charge in [-0.3, -0.25) is 77.9 Å². The number of amides is 4. The van der Waals surface area contributed by atoms with E-state index in [1.54, 1.807) is 0 Å². The molecule has 4 amide bonds. The van der Waals surface area contributed by atoms with Gasteiger partial charge in [0, 0.05) is 111 Å². The summed E-state index contributed by atoms with van der Waals surface area (Å²) in [6.45, 7) is 12.5. The third kappa shape index (κ3) is 20.8. The molecule has 0 aromatic carbocycles. The molecule has 12 heterocycles. The maximum Gasteiger partial charge on any atom is 0.317 e. The van der Waals surface area contributed by atoms with Crippen molar-refractivity contribution in [1.82, 2.24) is 59.1 Å². The molecule has 12 aliphatic rings. The van der Waals surface area contributed by atoms with Gasteiger partial charge in [0.05, 0.1) is 47.8 Å². The van der Waals surface area contributed by atoms with Crippen LogP contribution in [-0.2, 0) is 115 Å². The molecule has 4 aromatic heterocycles. The Hall–Kier alpha value is -7.80. The molecule has 4 spiro atoms. The summed E-state index contributed by atoms with van der Waals surface area (Å²) < 4.78 is 0. The smallest absolute Gasteiger partial charge is 0.317 e. The summed E-state index contributed by atoms with van der Waals surface area (Å²) in [5.41, 5.74) is 14.2. The van der Waals surface area contributed by atoms with E-state index in [1.807, 2.05) is 34.3 Å². The molecule has 0 unspecified atom stereocenters. The molecule has 0 bridgehead atoms. The minimum Gasteiger partial charge on any atom is -0.480 e. The number of carboxylic acid groups (broad SMARTS) is 4. The second-order valence-electron chi connectivity index (χ2n) is 34.8. The van der Waals surface area contributed by atoms with Crippen molar-refractivity contribution < 1.29 is 58.8 Å². The number of nitrogens with zero attached hydrogens (tertiary/aromatic N) is 12. The molecule has 0 atom stereocenters. The Morgan fingerprint density at radius 1 is 0.277 bits per heavy atom. The van der Waals surface area contributed by atoms with Crippen LogP contribution in [-0.4, -0.2) is 258 Å². The first-order chi connectivity index (χ1) is 54.2. The molecule has 8 fully saturated rings. The number of aromatic nitrogens is 4. The van der Waals surface area contributed by atoms with E-state index in [-0.39, 0.29) is 59.7 Å². The third-order valence-electron chi connectivity index (χ3n) is 27.5. The van der Waals surface area contributed by atoms with Crippen LogP contribution in [0.2, 0.25) is 0 Å². The van der Waals surface area contributed by atoms with Crippen LogP contribution < -0.4 is 0 Å². The number of hydrogen-bond donors (Lipinski definition) is 4. The third-order valence-corrected chi connectivity index (χ3v) is 27.5. The fourth-order valence-corrected chi connectivity index (χ4v) is 20.6. The Kier molecular flexibility index (Phi) is 28.0. The van der Waals surface area contributed by atoms with Crippen LogP contribution in [0.1, 0.15) is 222 Å². The highest BCUT2D eigenvalue weighted by Gasteiger charge is 2.51. The molecule has 4 N–H and O–H groups in total. The van der Waals surface area contributed by atoms with Crippen LogP contribution in [0.15, 0.2) is 48.5 Å². The lowest BCUT2D eigenvalue weighted by atomic mass is 9.71. The van der Waals surface area contributed by atoms with Crippen molar-refractivity contribution >= 4 is 47.5 Å². The largest absolute Gasteiger partial charge is 0.480 e. The summed E-state index contributed by atoms with van der Waals surface area (Å²) >= 11 is 0. The number of carbonyl (C=O) groups is 8. The highest BCUT2D eigenvalue weighted by molar-refractivity contribution is 5.86. The number of aryl methyl sites for hydroxylation is 10. The Bertz CT molecular complexity index is 3970. The summed E-state index contributed by atoms with van der Waals surface area (Å²) in [7, 11) is 0. The molecule has 4 aliphatic carbocycles. The summed E-state index contributed by atoms with van der Waals surface area (Å²) in [5, 5.41) is 35.9. The summed E-state index contributed by atoms with van der Waals surface area (Å²) in [6, 6.07) is 17.6. The number of pyridine rings is 4. The van der Waals surface area contributed by atoms with Crippen molar-refractivity contribution in [2.24, 2.45) is 21.7 Å². The Labute approximate surface area is 662 Å². The summed E-state index contributed by atoms with van der Waals surface area (Å²) in [5.74, 6) is -1.99. The van der Waals surface area contributed by atoms with Gasteiger partial charge in [-0.25, -0.2) is 0 Å². The second-order valence-corrected chi connectivity index (χ2v) is 34.8. The van der Waals surface area contributed by atoms with Gasteiger partial charge >= 0.3 is 23.9 Å². The van der Waals surface area contributed by atoms with Crippen LogP contribution in [0.3, 0.4) is 0 Å². The molecule has 8 aliphatic heterocycles. The average molecular weight is 1540 g/mol. The number of rotatable bonds is 22. The van der Waals surface area contributed by atoms with Crippen molar-refractivity contribution in [2.45, 2.75) is 231 Å². The first kappa shape index (κ1) is 82.2. The fourth-order valence-electron chi connectivity index (χ4n) is 20.6. The van der Waals surface area contributed by atoms with E-state index < -0.39 is 23.9 Å². The van der Waals surface area contributed by atoms with Gasteiger partial charge in [-0.2, -0.15) is 0 Å². The molecule has 8 saturated heterocycles. The molecule has 4 aromatic rings. The zero-order valence-corrected chi connectivity index (χ0v) is 66.6. The Morgan fingerprint density at radius 3 is 0.795 bits per heavy atom. The van der Waals surface area contributed by atoms with Gasteiger partial charge in [0.25, 0.3) is 0 Å².